The fraction of sp³-hybridized carbons (Fsp3) is 0.200. The van der Waals surface area contributed by atoms with Crippen LogP contribution < -0.4 is 5.32 Å². The Labute approximate surface area is 110 Å². The summed E-state index contributed by atoms with van der Waals surface area (Å²) in [6.45, 7) is -0.205. The van der Waals surface area contributed by atoms with Crippen LogP contribution in [-0.4, -0.2) is 40.1 Å². The molecule has 0 aliphatic carbocycles. The third-order valence-electron chi connectivity index (χ3n) is 2.18. The molecular formula is C10H9BrN4O3. The predicted molar refractivity (Wildman–Crippen MR) is 65.0 cm³/mol. The standard InChI is InChI=1S/C10H9BrN4O3/c1-18-6(16)5-13-10(17)8-7(11)9-12-3-2-4-15(9)14-8/h2-4H,5H2,1H3,(H,13,17). The molecule has 2 heterocycles. The first kappa shape index (κ1) is 12.5. The molecule has 18 heavy (non-hydrogen) atoms. The van der Waals surface area contributed by atoms with Crippen molar-refractivity contribution in [2.75, 3.05) is 13.7 Å². The van der Waals surface area contributed by atoms with E-state index in [1.165, 1.54) is 11.6 Å². The molecule has 2 aromatic heterocycles. The molecule has 0 bridgehead atoms. The highest BCUT2D eigenvalue weighted by atomic mass is 79.9. The molecule has 0 aliphatic rings. The first-order valence-electron chi connectivity index (χ1n) is 4.97. The molecule has 0 radical (unpaired) electrons. The van der Waals surface area contributed by atoms with Gasteiger partial charge in [-0.25, -0.2) is 9.50 Å². The van der Waals surface area contributed by atoms with Crippen LogP contribution in [0.3, 0.4) is 0 Å². The van der Waals surface area contributed by atoms with Crippen LogP contribution in [0, 0.1) is 0 Å². The lowest BCUT2D eigenvalue weighted by atomic mass is 10.4. The van der Waals surface area contributed by atoms with Gasteiger partial charge in [0.25, 0.3) is 5.91 Å². The van der Waals surface area contributed by atoms with Crippen LogP contribution in [0.2, 0.25) is 0 Å². The van der Waals surface area contributed by atoms with Crippen molar-refractivity contribution in [1.82, 2.24) is 19.9 Å². The normalized spacial score (nSPS) is 10.3. The second-order valence-electron chi connectivity index (χ2n) is 3.31. The maximum Gasteiger partial charge on any atom is 0.325 e. The second kappa shape index (κ2) is 5.13. The largest absolute Gasteiger partial charge is 0.468 e. The van der Waals surface area contributed by atoms with Crippen molar-refractivity contribution < 1.29 is 14.3 Å². The van der Waals surface area contributed by atoms with E-state index in [1.807, 2.05) is 0 Å². The Balaban J connectivity index is 2.23. The van der Waals surface area contributed by atoms with Gasteiger partial charge in [-0.15, -0.1) is 0 Å². The summed E-state index contributed by atoms with van der Waals surface area (Å²) in [5.74, 6) is -1.00. The van der Waals surface area contributed by atoms with E-state index in [2.05, 4.69) is 36.1 Å². The first-order chi connectivity index (χ1) is 8.63. The van der Waals surface area contributed by atoms with Gasteiger partial charge in [-0.1, -0.05) is 0 Å². The maximum absolute atomic E-state index is 11.8. The number of ether oxygens (including phenoxy) is 1. The van der Waals surface area contributed by atoms with Gasteiger partial charge in [-0.05, 0) is 22.0 Å². The van der Waals surface area contributed by atoms with Gasteiger partial charge in [0.1, 0.15) is 6.54 Å². The average Bonchev–Trinajstić information content (AvgIpc) is 2.73. The van der Waals surface area contributed by atoms with Gasteiger partial charge in [-0.2, -0.15) is 5.10 Å². The molecule has 0 fully saturated rings. The minimum Gasteiger partial charge on any atom is -0.468 e. The summed E-state index contributed by atoms with van der Waals surface area (Å²) in [4.78, 5) is 26.8. The summed E-state index contributed by atoms with van der Waals surface area (Å²) in [5.41, 5.74) is 0.693. The van der Waals surface area contributed by atoms with Crippen LogP contribution >= 0.6 is 15.9 Å². The molecule has 2 rings (SSSR count). The number of carbonyl (C=O) groups excluding carboxylic acids is 2. The monoisotopic (exact) mass is 312 g/mol. The lowest BCUT2D eigenvalue weighted by Crippen LogP contribution is -2.30. The van der Waals surface area contributed by atoms with E-state index in [4.69, 9.17) is 0 Å². The summed E-state index contributed by atoms with van der Waals surface area (Å²) in [7, 11) is 1.25. The molecule has 0 atom stereocenters. The van der Waals surface area contributed by atoms with Crippen LogP contribution in [-0.2, 0) is 9.53 Å². The fourth-order valence-electron chi connectivity index (χ4n) is 1.31. The van der Waals surface area contributed by atoms with Crippen LogP contribution in [0.15, 0.2) is 22.9 Å². The van der Waals surface area contributed by atoms with Gasteiger partial charge >= 0.3 is 5.97 Å². The van der Waals surface area contributed by atoms with E-state index in [0.29, 0.717) is 10.1 Å². The molecule has 0 saturated heterocycles. The van der Waals surface area contributed by atoms with Gasteiger partial charge in [-0.3, -0.25) is 9.59 Å². The number of rotatable bonds is 3. The van der Waals surface area contributed by atoms with Gasteiger partial charge in [0.05, 0.1) is 11.6 Å². The highest BCUT2D eigenvalue weighted by Gasteiger charge is 2.18. The number of aromatic nitrogens is 3. The molecule has 94 valence electrons. The van der Waals surface area contributed by atoms with Gasteiger partial charge in [0.15, 0.2) is 11.3 Å². The minimum atomic E-state index is -0.527. The lowest BCUT2D eigenvalue weighted by molar-refractivity contribution is -0.139. The number of nitrogens with zero attached hydrogens (tertiary/aromatic N) is 3. The Hall–Kier alpha value is -1.96. The Morgan fingerprint density at radius 3 is 3.00 bits per heavy atom. The van der Waals surface area contributed by atoms with Crippen LogP contribution in [0.25, 0.3) is 5.65 Å². The molecule has 1 amide bonds. The number of hydrogen-bond acceptors (Lipinski definition) is 5. The molecular weight excluding hydrogens is 304 g/mol. The summed E-state index contributed by atoms with van der Waals surface area (Å²) in [6, 6.07) is 1.70. The van der Waals surface area contributed by atoms with Crippen molar-refractivity contribution in [3.05, 3.63) is 28.6 Å². The van der Waals surface area contributed by atoms with E-state index >= 15 is 0 Å². The number of fused-ring (bicyclic) bond motifs is 1. The zero-order valence-electron chi connectivity index (χ0n) is 9.38. The number of esters is 1. The molecule has 1 N–H and O–H groups in total. The summed E-state index contributed by atoms with van der Waals surface area (Å²) >= 11 is 3.25. The summed E-state index contributed by atoms with van der Waals surface area (Å²) in [6.07, 6.45) is 3.27. The van der Waals surface area contributed by atoms with Gasteiger partial charge < -0.3 is 10.1 Å². The Kier molecular flexibility index (Phi) is 3.56. The molecule has 0 aliphatic heterocycles. The van der Waals surface area contributed by atoms with Crippen LogP contribution in [0.5, 0.6) is 0 Å². The number of nitrogens with one attached hydrogen (secondary N) is 1. The SMILES string of the molecule is COC(=O)CNC(=O)c1nn2cccnc2c1Br. The highest BCUT2D eigenvalue weighted by molar-refractivity contribution is 9.10. The van der Waals surface area contributed by atoms with Crippen molar-refractivity contribution in [2.24, 2.45) is 0 Å². The quantitative estimate of drug-likeness (QED) is 0.829. The Morgan fingerprint density at radius 1 is 1.56 bits per heavy atom. The van der Waals surface area contributed by atoms with Crippen LogP contribution in [0.4, 0.5) is 0 Å². The third-order valence-corrected chi connectivity index (χ3v) is 2.91. The topological polar surface area (TPSA) is 85.6 Å². The first-order valence-corrected chi connectivity index (χ1v) is 5.76. The van der Waals surface area contributed by atoms with Gasteiger partial charge in [0, 0.05) is 12.4 Å². The number of amides is 1. The molecule has 0 spiro atoms. The van der Waals surface area contributed by atoms with Crippen molar-refractivity contribution in [1.29, 1.82) is 0 Å². The number of hydrogen-bond donors (Lipinski definition) is 1. The molecule has 7 nitrogen and oxygen atoms in total. The predicted octanol–water partition coefficient (Wildman–Crippen LogP) is 0.395. The third kappa shape index (κ3) is 2.33. The molecule has 0 saturated carbocycles. The molecule has 0 aromatic carbocycles. The summed E-state index contributed by atoms with van der Waals surface area (Å²) in [5, 5.41) is 6.46. The van der Waals surface area contributed by atoms with Crippen molar-refractivity contribution in [3.8, 4) is 0 Å². The van der Waals surface area contributed by atoms with E-state index in [-0.39, 0.29) is 12.2 Å². The van der Waals surface area contributed by atoms with Crippen molar-refractivity contribution >= 4 is 33.5 Å². The maximum atomic E-state index is 11.8. The molecule has 2 aromatic rings. The lowest BCUT2D eigenvalue weighted by Gasteiger charge is -2.01. The molecule has 8 heteroatoms. The van der Waals surface area contributed by atoms with Crippen molar-refractivity contribution in [2.45, 2.75) is 0 Å². The fourth-order valence-corrected chi connectivity index (χ4v) is 1.86. The smallest absolute Gasteiger partial charge is 0.325 e. The Morgan fingerprint density at radius 2 is 2.33 bits per heavy atom. The second-order valence-corrected chi connectivity index (χ2v) is 4.10. The zero-order valence-corrected chi connectivity index (χ0v) is 11.0. The average molecular weight is 313 g/mol. The number of methoxy groups -OCH3 is 1. The Bertz CT molecular complexity index is 610. The van der Waals surface area contributed by atoms with E-state index in [1.54, 1.807) is 18.5 Å². The molecule has 0 unspecified atom stereocenters. The van der Waals surface area contributed by atoms with Gasteiger partial charge in [0.2, 0.25) is 0 Å². The summed E-state index contributed by atoms with van der Waals surface area (Å²) < 4.78 is 6.37. The number of carbonyl (C=O) groups is 2. The number of halogens is 1. The minimum absolute atomic E-state index is 0.164. The van der Waals surface area contributed by atoms with E-state index < -0.39 is 11.9 Å². The van der Waals surface area contributed by atoms with E-state index in [9.17, 15) is 9.59 Å². The van der Waals surface area contributed by atoms with E-state index in [0.717, 1.165) is 0 Å². The van der Waals surface area contributed by atoms with Crippen LogP contribution in [0.1, 0.15) is 10.5 Å². The zero-order chi connectivity index (χ0) is 13.1. The highest BCUT2D eigenvalue weighted by Crippen LogP contribution is 2.20. The van der Waals surface area contributed by atoms with Crippen molar-refractivity contribution in [3.63, 3.8) is 0 Å².